The SMILES string of the molecule is Cc1cc(C)cc(N2CCC(C(=O)N3CCC4(CCNC4)C3)C2=O)c1. The van der Waals surface area contributed by atoms with Crippen LogP contribution in [-0.2, 0) is 9.59 Å². The number of amides is 2. The summed E-state index contributed by atoms with van der Waals surface area (Å²) in [4.78, 5) is 29.6. The molecule has 1 aromatic rings. The summed E-state index contributed by atoms with van der Waals surface area (Å²) in [5.74, 6) is -0.480. The predicted octanol–water partition coefficient (Wildman–Crippen LogP) is 1.87. The van der Waals surface area contributed by atoms with Crippen LogP contribution in [0, 0.1) is 25.2 Å². The first-order valence-electron chi connectivity index (χ1n) is 9.37. The first-order chi connectivity index (χ1) is 12.0. The minimum atomic E-state index is -0.495. The molecule has 1 N–H and O–H groups in total. The molecule has 0 radical (unpaired) electrons. The summed E-state index contributed by atoms with van der Waals surface area (Å²) >= 11 is 0. The van der Waals surface area contributed by atoms with Gasteiger partial charge in [-0.1, -0.05) is 6.07 Å². The van der Waals surface area contributed by atoms with Crippen LogP contribution in [0.5, 0.6) is 0 Å². The standard InChI is InChI=1S/C20H27N3O2/c1-14-9-15(2)11-16(10-14)23-7-3-17(19(23)25)18(24)22-8-5-20(13-22)4-6-21-12-20/h9-11,17,21H,3-8,12-13H2,1-2H3. The zero-order valence-electron chi connectivity index (χ0n) is 15.2. The van der Waals surface area contributed by atoms with Gasteiger partial charge in [0, 0.05) is 37.3 Å². The molecule has 5 nitrogen and oxygen atoms in total. The minimum absolute atomic E-state index is 0.0273. The van der Waals surface area contributed by atoms with E-state index in [9.17, 15) is 9.59 Å². The molecule has 3 aliphatic heterocycles. The third kappa shape index (κ3) is 2.95. The van der Waals surface area contributed by atoms with Crippen LogP contribution in [0.15, 0.2) is 18.2 Å². The lowest BCUT2D eigenvalue weighted by molar-refractivity contribution is -0.139. The molecule has 5 heteroatoms. The van der Waals surface area contributed by atoms with Gasteiger partial charge in [-0.05, 0) is 62.9 Å². The van der Waals surface area contributed by atoms with E-state index in [1.165, 1.54) is 0 Å². The second-order valence-electron chi connectivity index (χ2n) is 8.11. The Kier molecular flexibility index (Phi) is 4.07. The third-order valence-corrected chi connectivity index (χ3v) is 6.10. The molecule has 3 saturated heterocycles. The van der Waals surface area contributed by atoms with Crippen LogP contribution in [0.1, 0.15) is 30.4 Å². The Morgan fingerprint density at radius 2 is 1.92 bits per heavy atom. The highest BCUT2D eigenvalue weighted by molar-refractivity contribution is 6.09. The summed E-state index contributed by atoms with van der Waals surface area (Å²) in [6.07, 6.45) is 2.84. The van der Waals surface area contributed by atoms with Gasteiger partial charge in [-0.25, -0.2) is 0 Å². The number of benzene rings is 1. The molecule has 2 unspecified atom stereocenters. The van der Waals surface area contributed by atoms with Crippen molar-refractivity contribution in [3.05, 3.63) is 29.3 Å². The number of nitrogens with one attached hydrogen (secondary N) is 1. The fraction of sp³-hybridized carbons (Fsp3) is 0.600. The summed E-state index contributed by atoms with van der Waals surface area (Å²) < 4.78 is 0. The van der Waals surface area contributed by atoms with Gasteiger partial charge in [0.15, 0.2) is 0 Å². The monoisotopic (exact) mass is 341 g/mol. The van der Waals surface area contributed by atoms with Gasteiger partial charge in [0.25, 0.3) is 0 Å². The zero-order chi connectivity index (χ0) is 17.6. The highest BCUT2D eigenvalue weighted by Gasteiger charge is 2.46. The van der Waals surface area contributed by atoms with Gasteiger partial charge in [0.2, 0.25) is 11.8 Å². The molecule has 3 fully saturated rings. The molecule has 0 bridgehead atoms. The van der Waals surface area contributed by atoms with Crippen LogP contribution in [0.3, 0.4) is 0 Å². The van der Waals surface area contributed by atoms with Gasteiger partial charge in [0.1, 0.15) is 5.92 Å². The van der Waals surface area contributed by atoms with E-state index in [0.29, 0.717) is 13.0 Å². The molecule has 3 aliphatic rings. The maximum atomic E-state index is 13.0. The van der Waals surface area contributed by atoms with Gasteiger partial charge in [-0.2, -0.15) is 0 Å². The molecule has 134 valence electrons. The molecule has 0 aromatic heterocycles. The van der Waals surface area contributed by atoms with Gasteiger partial charge < -0.3 is 15.1 Å². The average Bonchev–Trinajstić information content (AvgIpc) is 3.28. The summed E-state index contributed by atoms with van der Waals surface area (Å²) in [6, 6.07) is 6.17. The van der Waals surface area contributed by atoms with Crippen LogP contribution < -0.4 is 10.2 Å². The molecule has 2 atom stereocenters. The fourth-order valence-corrected chi connectivity index (χ4v) is 4.76. The second kappa shape index (κ2) is 6.13. The van der Waals surface area contributed by atoms with E-state index in [0.717, 1.165) is 55.8 Å². The van der Waals surface area contributed by atoms with E-state index in [-0.39, 0.29) is 17.2 Å². The number of hydrogen-bond donors (Lipinski definition) is 1. The highest BCUT2D eigenvalue weighted by atomic mass is 16.2. The molecule has 3 heterocycles. The zero-order valence-corrected chi connectivity index (χ0v) is 15.2. The van der Waals surface area contributed by atoms with E-state index in [4.69, 9.17) is 0 Å². The molecular weight excluding hydrogens is 314 g/mol. The van der Waals surface area contributed by atoms with Gasteiger partial charge in [-0.15, -0.1) is 0 Å². The minimum Gasteiger partial charge on any atom is -0.341 e. The van der Waals surface area contributed by atoms with Gasteiger partial charge >= 0.3 is 0 Å². The summed E-state index contributed by atoms with van der Waals surface area (Å²) in [7, 11) is 0. The number of likely N-dealkylation sites (tertiary alicyclic amines) is 1. The first-order valence-corrected chi connectivity index (χ1v) is 9.37. The van der Waals surface area contributed by atoms with Gasteiger partial charge in [0.05, 0.1) is 0 Å². The first kappa shape index (κ1) is 16.6. The predicted molar refractivity (Wildman–Crippen MR) is 97.5 cm³/mol. The quantitative estimate of drug-likeness (QED) is 0.836. The molecule has 1 spiro atoms. The fourth-order valence-electron chi connectivity index (χ4n) is 4.76. The molecule has 0 aliphatic carbocycles. The maximum absolute atomic E-state index is 13.0. The third-order valence-electron chi connectivity index (χ3n) is 6.10. The number of rotatable bonds is 2. The Hall–Kier alpha value is -1.88. The normalized spacial score (nSPS) is 29.2. The lowest BCUT2D eigenvalue weighted by atomic mass is 9.86. The molecule has 0 saturated carbocycles. The number of carbonyl (C=O) groups is 2. The molecule has 2 amide bonds. The molecule has 1 aromatic carbocycles. The summed E-state index contributed by atoms with van der Waals surface area (Å²) in [5.41, 5.74) is 3.47. The summed E-state index contributed by atoms with van der Waals surface area (Å²) in [5, 5.41) is 3.42. The number of aryl methyl sites for hydroxylation is 2. The number of anilines is 1. The Morgan fingerprint density at radius 1 is 1.16 bits per heavy atom. The largest absolute Gasteiger partial charge is 0.341 e. The van der Waals surface area contributed by atoms with Crippen molar-refractivity contribution >= 4 is 17.5 Å². The number of nitrogens with zero attached hydrogens (tertiary/aromatic N) is 2. The van der Waals surface area contributed by atoms with Crippen molar-refractivity contribution in [1.29, 1.82) is 0 Å². The van der Waals surface area contributed by atoms with Crippen molar-refractivity contribution in [2.75, 3.05) is 37.6 Å². The smallest absolute Gasteiger partial charge is 0.239 e. The van der Waals surface area contributed by atoms with Crippen LogP contribution in [0.2, 0.25) is 0 Å². The van der Waals surface area contributed by atoms with Crippen molar-refractivity contribution in [1.82, 2.24) is 10.2 Å². The van der Waals surface area contributed by atoms with Crippen LogP contribution >= 0.6 is 0 Å². The maximum Gasteiger partial charge on any atom is 0.239 e. The molecular formula is C20H27N3O2. The average molecular weight is 341 g/mol. The van der Waals surface area contributed by atoms with Crippen molar-refractivity contribution in [3.63, 3.8) is 0 Å². The van der Waals surface area contributed by atoms with E-state index >= 15 is 0 Å². The molecule has 25 heavy (non-hydrogen) atoms. The second-order valence-corrected chi connectivity index (χ2v) is 8.11. The Bertz CT molecular complexity index is 689. The molecule has 4 rings (SSSR count). The van der Waals surface area contributed by atoms with Crippen molar-refractivity contribution in [2.24, 2.45) is 11.3 Å². The van der Waals surface area contributed by atoms with Crippen molar-refractivity contribution in [2.45, 2.75) is 33.1 Å². The Labute approximate surface area is 149 Å². The lowest BCUT2D eigenvalue weighted by Gasteiger charge is -2.24. The topological polar surface area (TPSA) is 52.7 Å². The van der Waals surface area contributed by atoms with E-state index in [1.807, 2.05) is 30.9 Å². The lowest BCUT2D eigenvalue weighted by Crippen LogP contribution is -2.40. The van der Waals surface area contributed by atoms with E-state index in [1.54, 1.807) is 4.90 Å². The van der Waals surface area contributed by atoms with Crippen LogP contribution in [-0.4, -0.2) is 49.4 Å². The van der Waals surface area contributed by atoms with Crippen molar-refractivity contribution in [3.8, 4) is 0 Å². The Balaban J connectivity index is 1.47. The van der Waals surface area contributed by atoms with Crippen LogP contribution in [0.25, 0.3) is 0 Å². The van der Waals surface area contributed by atoms with E-state index in [2.05, 4.69) is 11.4 Å². The number of hydrogen-bond acceptors (Lipinski definition) is 3. The highest BCUT2D eigenvalue weighted by Crippen LogP contribution is 2.37. The van der Waals surface area contributed by atoms with E-state index < -0.39 is 5.92 Å². The van der Waals surface area contributed by atoms with Gasteiger partial charge in [-0.3, -0.25) is 9.59 Å². The Morgan fingerprint density at radius 3 is 2.60 bits per heavy atom. The summed E-state index contributed by atoms with van der Waals surface area (Å²) in [6.45, 7) is 8.38. The number of carbonyl (C=O) groups excluding carboxylic acids is 2. The van der Waals surface area contributed by atoms with Crippen molar-refractivity contribution < 1.29 is 9.59 Å². The van der Waals surface area contributed by atoms with Crippen LogP contribution in [0.4, 0.5) is 5.69 Å².